The molecule has 14 heavy (non-hydrogen) atoms. The van der Waals surface area contributed by atoms with Crippen LogP contribution in [-0.2, 0) is 9.59 Å². The van der Waals surface area contributed by atoms with Gasteiger partial charge in [-0.15, -0.1) is 0 Å². The van der Waals surface area contributed by atoms with Gasteiger partial charge in [-0.25, -0.2) is 0 Å². The van der Waals surface area contributed by atoms with Crippen LogP contribution in [0.25, 0.3) is 0 Å². The molecule has 0 spiro atoms. The summed E-state index contributed by atoms with van der Waals surface area (Å²) in [6.45, 7) is 6.09. The molecule has 1 saturated heterocycles. The molecule has 0 bridgehead atoms. The van der Waals surface area contributed by atoms with Crippen molar-refractivity contribution in [3.8, 4) is 0 Å². The van der Waals surface area contributed by atoms with Crippen molar-refractivity contribution in [1.29, 1.82) is 0 Å². The van der Waals surface area contributed by atoms with Gasteiger partial charge >= 0.3 is 5.97 Å². The lowest BCUT2D eigenvalue weighted by Gasteiger charge is -2.34. The van der Waals surface area contributed by atoms with Crippen LogP contribution >= 0.6 is 0 Å². The van der Waals surface area contributed by atoms with Crippen molar-refractivity contribution in [2.75, 3.05) is 6.54 Å². The predicted octanol–water partition coefficient (Wildman–Crippen LogP) is 1.11. The van der Waals surface area contributed by atoms with Gasteiger partial charge in [0.1, 0.15) is 0 Å². The van der Waals surface area contributed by atoms with Crippen molar-refractivity contribution in [3.63, 3.8) is 0 Å². The van der Waals surface area contributed by atoms with Crippen molar-refractivity contribution in [1.82, 2.24) is 4.90 Å². The highest BCUT2D eigenvalue weighted by Crippen LogP contribution is 2.36. The number of carbonyl (C=O) groups excluding carboxylic acids is 1. The lowest BCUT2D eigenvalue weighted by molar-refractivity contribution is -0.140. The standard InChI is InChI=1S/C10H17NO3/c1-7(12)11-5-4-8(6-9(13)14)10(11,2)3/h8H,4-6H2,1-3H3,(H,13,14). The molecule has 1 heterocycles. The van der Waals surface area contributed by atoms with E-state index in [9.17, 15) is 9.59 Å². The number of hydrogen-bond acceptors (Lipinski definition) is 2. The number of hydrogen-bond donors (Lipinski definition) is 1. The molecule has 0 radical (unpaired) electrons. The van der Waals surface area contributed by atoms with Gasteiger partial charge in [0.2, 0.25) is 5.91 Å². The summed E-state index contributed by atoms with van der Waals surface area (Å²) in [5, 5.41) is 8.73. The number of rotatable bonds is 2. The lowest BCUT2D eigenvalue weighted by atomic mass is 9.86. The lowest BCUT2D eigenvalue weighted by Crippen LogP contribution is -2.45. The van der Waals surface area contributed by atoms with Gasteiger partial charge in [0.05, 0.1) is 6.42 Å². The Labute approximate surface area is 83.9 Å². The average Bonchev–Trinajstić information content (AvgIpc) is 2.26. The number of amides is 1. The molecule has 0 aromatic heterocycles. The van der Waals surface area contributed by atoms with Gasteiger partial charge in [-0.1, -0.05) is 0 Å². The summed E-state index contributed by atoms with van der Waals surface area (Å²) in [7, 11) is 0. The minimum atomic E-state index is -0.784. The van der Waals surface area contributed by atoms with Gasteiger partial charge in [-0.2, -0.15) is 0 Å². The second-order valence-corrected chi connectivity index (χ2v) is 4.41. The van der Waals surface area contributed by atoms with Crippen LogP contribution in [0.15, 0.2) is 0 Å². The predicted molar refractivity (Wildman–Crippen MR) is 51.8 cm³/mol. The minimum absolute atomic E-state index is 0.0305. The van der Waals surface area contributed by atoms with Crippen LogP contribution in [0.4, 0.5) is 0 Å². The number of carbonyl (C=O) groups is 2. The van der Waals surface area contributed by atoms with Crippen molar-refractivity contribution in [2.45, 2.75) is 39.2 Å². The van der Waals surface area contributed by atoms with Crippen molar-refractivity contribution in [2.24, 2.45) is 5.92 Å². The molecule has 1 fully saturated rings. The second-order valence-electron chi connectivity index (χ2n) is 4.41. The van der Waals surface area contributed by atoms with Crippen LogP contribution in [0.3, 0.4) is 0 Å². The summed E-state index contributed by atoms with van der Waals surface area (Å²) in [4.78, 5) is 23.7. The van der Waals surface area contributed by atoms with Crippen molar-refractivity contribution < 1.29 is 14.7 Å². The first kappa shape index (κ1) is 11.0. The van der Waals surface area contributed by atoms with E-state index in [1.165, 1.54) is 6.92 Å². The van der Waals surface area contributed by atoms with E-state index in [0.29, 0.717) is 6.54 Å². The first-order valence-electron chi connectivity index (χ1n) is 4.85. The maximum absolute atomic E-state index is 11.3. The van der Waals surface area contributed by atoms with Crippen LogP contribution in [-0.4, -0.2) is 34.0 Å². The van der Waals surface area contributed by atoms with E-state index < -0.39 is 5.97 Å². The number of carboxylic acid groups (broad SMARTS) is 1. The molecule has 4 nitrogen and oxygen atoms in total. The molecule has 0 aromatic carbocycles. The highest BCUT2D eigenvalue weighted by molar-refractivity contribution is 5.75. The Morgan fingerprint density at radius 3 is 2.43 bits per heavy atom. The Morgan fingerprint density at radius 1 is 1.50 bits per heavy atom. The molecule has 80 valence electrons. The minimum Gasteiger partial charge on any atom is -0.481 e. The van der Waals surface area contributed by atoms with E-state index in [2.05, 4.69) is 0 Å². The fourth-order valence-electron chi connectivity index (χ4n) is 2.27. The molecule has 1 amide bonds. The quantitative estimate of drug-likeness (QED) is 0.724. The summed E-state index contributed by atoms with van der Waals surface area (Å²) in [6, 6.07) is 0. The molecule has 1 aliphatic heterocycles. The van der Waals surface area contributed by atoms with E-state index in [0.717, 1.165) is 6.42 Å². The van der Waals surface area contributed by atoms with Gasteiger partial charge in [-0.3, -0.25) is 9.59 Å². The summed E-state index contributed by atoms with van der Waals surface area (Å²) in [5.74, 6) is -0.680. The summed E-state index contributed by atoms with van der Waals surface area (Å²) < 4.78 is 0. The Hall–Kier alpha value is -1.06. The summed E-state index contributed by atoms with van der Waals surface area (Å²) >= 11 is 0. The Balaban J connectivity index is 2.75. The summed E-state index contributed by atoms with van der Waals surface area (Å²) in [6.07, 6.45) is 0.940. The van der Waals surface area contributed by atoms with Crippen LogP contribution in [0.1, 0.15) is 33.6 Å². The van der Waals surface area contributed by atoms with Crippen LogP contribution in [0.2, 0.25) is 0 Å². The van der Waals surface area contributed by atoms with E-state index in [1.54, 1.807) is 4.90 Å². The van der Waals surface area contributed by atoms with Crippen molar-refractivity contribution >= 4 is 11.9 Å². The van der Waals surface area contributed by atoms with Crippen LogP contribution in [0, 0.1) is 5.92 Å². The molecule has 1 atom stereocenters. The van der Waals surface area contributed by atoms with E-state index in [1.807, 2.05) is 13.8 Å². The maximum atomic E-state index is 11.3. The number of carboxylic acids is 1. The monoisotopic (exact) mass is 199 g/mol. The molecule has 0 saturated carbocycles. The zero-order valence-corrected chi connectivity index (χ0v) is 8.91. The molecule has 1 unspecified atom stereocenters. The Morgan fingerprint density at radius 2 is 2.07 bits per heavy atom. The van der Waals surface area contributed by atoms with Crippen LogP contribution in [0.5, 0.6) is 0 Å². The Bertz CT molecular complexity index is 260. The number of aliphatic carboxylic acids is 1. The number of likely N-dealkylation sites (tertiary alicyclic amines) is 1. The fourth-order valence-corrected chi connectivity index (χ4v) is 2.27. The largest absolute Gasteiger partial charge is 0.481 e. The number of nitrogens with zero attached hydrogens (tertiary/aromatic N) is 1. The van der Waals surface area contributed by atoms with E-state index in [-0.39, 0.29) is 23.8 Å². The molecule has 1 N–H and O–H groups in total. The van der Waals surface area contributed by atoms with E-state index >= 15 is 0 Å². The highest BCUT2D eigenvalue weighted by atomic mass is 16.4. The van der Waals surface area contributed by atoms with Gasteiger partial charge in [0.25, 0.3) is 0 Å². The molecule has 0 aliphatic carbocycles. The average molecular weight is 199 g/mol. The third kappa shape index (κ3) is 1.89. The summed E-state index contributed by atoms with van der Waals surface area (Å²) in [5.41, 5.74) is -0.315. The topological polar surface area (TPSA) is 57.6 Å². The zero-order valence-electron chi connectivity index (χ0n) is 8.91. The van der Waals surface area contributed by atoms with Gasteiger partial charge in [0, 0.05) is 19.0 Å². The third-order valence-corrected chi connectivity index (χ3v) is 3.20. The second kappa shape index (κ2) is 3.59. The molecule has 1 aliphatic rings. The molecule has 1 rings (SSSR count). The maximum Gasteiger partial charge on any atom is 0.303 e. The molecule has 4 heteroatoms. The molecule has 0 aromatic rings. The fraction of sp³-hybridized carbons (Fsp3) is 0.800. The molecular formula is C10H17NO3. The zero-order chi connectivity index (χ0) is 10.9. The van der Waals surface area contributed by atoms with Crippen LogP contribution < -0.4 is 0 Å². The van der Waals surface area contributed by atoms with Crippen molar-refractivity contribution in [3.05, 3.63) is 0 Å². The highest BCUT2D eigenvalue weighted by Gasteiger charge is 2.43. The first-order valence-corrected chi connectivity index (χ1v) is 4.85. The Kier molecular flexibility index (Phi) is 2.83. The smallest absolute Gasteiger partial charge is 0.303 e. The first-order chi connectivity index (χ1) is 6.35. The van der Waals surface area contributed by atoms with Gasteiger partial charge in [0.15, 0.2) is 0 Å². The van der Waals surface area contributed by atoms with E-state index in [4.69, 9.17) is 5.11 Å². The third-order valence-electron chi connectivity index (χ3n) is 3.20. The molecular weight excluding hydrogens is 182 g/mol. The van der Waals surface area contributed by atoms with Gasteiger partial charge in [-0.05, 0) is 26.2 Å². The SMILES string of the molecule is CC(=O)N1CCC(CC(=O)O)C1(C)C. The normalized spacial score (nSPS) is 25.1. The van der Waals surface area contributed by atoms with Gasteiger partial charge < -0.3 is 10.0 Å².